The summed E-state index contributed by atoms with van der Waals surface area (Å²) in [7, 11) is 4.88. The van der Waals surface area contributed by atoms with Crippen molar-refractivity contribution in [3.63, 3.8) is 0 Å². The number of rotatable bonds is 5. The average molecular weight is 339 g/mol. The van der Waals surface area contributed by atoms with Gasteiger partial charge in [0.2, 0.25) is 10.2 Å². The van der Waals surface area contributed by atoms with Crippen molar-refractivity contribution in [1.29, 1.82) is 0 Å². The van der Waals surface area contributed by atoms with Crippen LogP contribution in [0.25, 0.3) is 0 Å². The van der Waals surface area contributed by atoms with Gasteiger partial charge in [-0.3, -0.25) is 9.59 Å². The third-order valence-electron chi connectivity index (χ3n) is 2.27. The molecule has 2 aromatic carbocycles. The Bertz CT molecular complexity index is 519. The Hall–Kier alpha value is -0.820. The molecule has 0 aliphatic heterocycles. The Kier molecular flexibility index (Phi) is 6.59. The van der Waals surface area contributed by atoms with Crippen molar-refractivity contribution in [1.82, 2.24) is 0 Å². The van der Waals surface area contributed by atoms with E-state index >= 15 is 0 Å². The SMILES string of the molecule is O=C(SSSSC(=O)c1ccccc1)c1ccccc1. The van der Waals surface area contributed by atoms with Crippen LogP contribution in [0, 0.1) is 0 Å². The summed E-state index contributed by atoms with van der Waals surface area (Å²) in [5, 5.41) is -0.00767. The molecule has 2 nitrogen and oxygen atoms in total. The second kappa shape index (κ2) is 8.46. The molecule has 0 saturated carbocycles. The first-order valence-electron chi connectivity index (χ1n) is 5.64. The van der Waals surface area contributed by atoms with Gasteiger partial charge in [0.05, 0.1) is 0 Å². The van der Waals surface area contributed by atoms with E-state index in [1.165, 1.54) is 19.7 Å². The molecule has 0 unspecified atom stereocenters. The van der Waals surface area contributed by atoms with Crippen LogP contribution in [0.5, 0.6) is 0 Å². The zero-order valence-electron chi connectivity index (χ0n) is 10.2. The zero-order valence-corrected chi connectivity index (χ0v) is 13.5. The van der Waals surface area contributed by atoms with Gasteiger partial charge >= 0.3 is 0 Å². The summed E-state index contributed by atoms with van der Waals surface area (Å²) in [5.74, 6) is 0. The van der Waals surface area contributed by atoms with Crippen LogP contribution in [0.2, 0.25) is 0 Å². The molecule has 2 aromatic rings. The second-order valence-corrected chi connectivity index (χ2v) is 9.22. The molecule has 0 spiro atoms. The molecule has 0 aromatic heterocycles. The lowest BCUT2D eigenvalue weighted by Gasteiger charge is -2.00. The van der Waals surface area contributed by atoms with Crippen LogP contribution in [0.15, 0.2) is 60.7 Å². The molecule has 6 heteroatoms. The smallest absolute Gasteiger partial charge is 0.230 e. The fourth-order valence-corrected chi connectivity index (χ4v) is 6.21. The van der Waals surface area contributed by atoms with Crippen molar-refractivity contribution >= 4 is 51.5 Å². The molecule has 0 fully saturated rings. The topological polar surface area (TPSA) is 34.1 Å². The van der Waals surface area contributed by atoms with Gasteiger partial charge in [-0.25, -0.2) is 0 Å². The Morgan fingerprint density at radius 2 is 0.950 bits per heavy atom. The Morgan fingerprint density at radius 1 is 0.600 bits per heavy atom. The van der Waals surface area contributed by atoms with E-state index in [1.54, 1.807) is 24.3 Å². The van der Waals surface area contributed by atoms with E-state index in [-0.39, 0.29) is 10.2 Å². The lowest BCUT2D eigenvalue weighted by Crippen LogP contribution is -1.89. The summed E-state index contributed by atoms with van der Waals surface area (Å²) in [5.41, 5.74) is 1.34. The molecule has 0 bridgehead atoms. The molecule has 2 rings (SSSR count). The molecular weight excluding hydrogens is 328 g/mol. The predicted molar refractivity (Wildman–Crippen MR) is 91.9 cm³/mol. The first kappa shape index (κ1) is 15.6. The van der Waals surface area contributed by atoms with E-state index in [2.05, 4.69) is 0 Å². The Labute approximate surface area is 132 Å². The average Bonchev–Trinajstić information content (AvgIpc) is 2.53. The number of hydrogen-bond acceptors (Lipinski definition) is 6. The largest absolute Gasteiger partial charge is 0.281 e. The molecule has 0 radical (unpaired) electrons. The predicted octanol–water partition coefficient (Wildman–Crippen LogP) is 5.35. The van der Waals surface area contributed by atoms with Crippen LogP contribution in [0.4, 0.5) is 0 Å². The quantitative estimate of drug-likeness (QED) is 0.540. The maximum absolute atomic E-state index is 11.8. The zero-order chi connectivity index (χ0) is 14.2. The van der Waals surface area contributed by atoms with Gasteiger partial charge in [0.25, 0.3) is 0 Å². The summed E-state index contributed by atoms with van der Waals surface area (Å²) < 4.78 is 0. The van der Waals surface area contributed by atoms with Crippen LogP contribution in [0.3, 0.4) is 0 Å². The number of carbonyl (C=O) groups excluding carboxylic acids is 2. The van der Waals surface area contributed by atoms with Crippen LogP contribution in [0.1, 0.15) is 20.7 Å². The maximum atomic E-state index is 11.8. The van der Waals surface area contributed by atoms with Gasteiger partial charge in [-0.15, -0.1) is 0 Å². The van der Waals surface area contributed by atoms with Gasteiger partial charge in [0, 0.05) is 11.1 Å². The molecule has 0 saturated heterocycles. The maximum Gasteiger partial charge on any atom is 0.230 e. The van der Waals surface area contributed by atoms with Crippen LogP contribution < -0.4 is 0 Å². The van der Waals surface area contributed by atoms with E-state index in [1.807, 2.05) is 36.4 Å². The van der Waals surface area contributed by atoms with Gasteiger partial charge < -0.3 is 0 Å². The lowest BCUT2D eigenvalue weighted by molar-refractivity contribution is 0.108. The van der Waals surface area contributed by atoms with Crippen molar-refractivity contribution in [3.05, 3.63) is 71.8 Å². The summed E-state index contributed by atoms with van der Waals surface area (Å²) >= 11 is 0. The molecule has 0 aliphatic rings. The minimum atomic E-state index is -0.00383. The lowest BCUT2D eigenvalue weighted by atomic mass is 10.2. The van der Waals surface area contributed by atoms with Crippen LogP contribution in [-0.2, 0) is 0 Å². The molecule has 102 valence electrons. The molecule has 0 N–H and O–H groups in total. The van der Waals surface area contributed by atoms with Crippen molar-refractivity contribution < 1.29 is 9.59 Å². The number of benzene rings is 2. The van der Waals surface area contributed by atoms with Crippen molar-refractivity contribution in [2.45, 2.75) is 0 Å². The molecule has 20 heavy (non-hydrogen) atoms. The number of hydrogen-bond donors (Lipinski definition) is 0. The normalized spacial score (nSPS) is 10.2. The van der Waals surface area contributed by atoms with E-state index in [0.29, 0.717) is 11.1 Å². The minimum Gasteiger partial charge on any atom is -0.281 e. The molecule has 0 atom stereocenters. The Balaban J connectivity index is 1.72. The summed E-state index contributed by atoms with van der Waals surface area (Å²) in [6.07, 6.45) is 0. The van der Waals surface area contributed by atoms with Crippen molar-refractivity contribution in [2.75, 3.05) is 0 Å². The van der Waals surface area contributed by atoms with E-state index in [4.69, 9.17) is 0 Å². The van der Waals surface area contributed by atoms with Crippen LogP contribution >= 0.6 is 41.2 Å². The van der Waals surface area contributed by atoms with Gasteiger partial charge in [0.15, 0.2) is 0 Å². The molecule has 0 amide bonds. The Morgan fingerprint density at radius 3 is 1.30 bits per heavy atom. The highest BCUT2D eigenvalue weighted by molar-refractivity contribution is 9.29. The monoisotopic (exact) mass is 338 g/mol. The van der Waals surface area contributed by atoms with E-state index < -0.39 is 0 Å². The van der Waals surface area contributed by atoms with Crippen molar-refractivity contribution in [2.24, 2.45) is 0 Å². The van der Waals surface area contributed by atoms with Gasteiger partial charge in [-0.05, 0) is 41.2 Å². The highest BCUT2D eigenvalue weighted by Gasteiger charge is 2.10. The standard InChI is InChI=1S/C14H10O2S4/c15-13(11-7-3-1-4-8-11)17-19-20-18-14(16)12-9-5-2-6-10-12/h1-10H. The summed E-state index contributed by atoms with van der Waals surface area (Å²) in [6, 6.07) is 18.2. The number of carbonyl (C=O) groups is 2. The third kappa shape index (κ3) is 4.94. The molecule has 0 aliphatic carbocycles. The van der Waals surface area contributed by atoms with E-state index in [9.17, 15) is 9.59 Å². The van der Waals surface area contributed by atoms with Gasteiger partial charge in [0.1, 0.15) is 0 Å². The summed E-state index contributed by atoms with van der Waals surface area (Å²) in [4.78, 5) is 23.6. The van der Waals surface area contributed by atoms with Crippen LogP contribution in [-0.4, -0.2) is 10.2 Å². The highest BCUT2D eigenvalue weighted by Crippen LogP contribution is 2.45. The van der Waals surface area contributed by atoms with E-state index in [0.717, 1.165) is 21.6 Å². The van der Waals surface area contributed by atoms with Crippen molar-refractivity contribution in [3.8, 4) is 0 Å². The molecule has 0 heterocycles. The first-order chi connectivity index (χ1) is 9.77. The minimum absolute atomic E-state index is 0.00383. The van der Waals surface area contributed by atoms with Gasteiger partial charge in [-0.1, -0.05) is 60.7 Å². The fourth-order valence-electron chi connectivity index (χ4n) is 1.33. The highest BCUT2D eigenvalue weighted by atomic mass is 33.7. The first-order valence-corrected chi connectivity index (χ1v) is 10.5. The second-order valence-electron chi connectivity index (χ2n) is 3.61. The fraction of sp³-hybridized carbons (Fsp3) is 0. The van der Waals surface area contributed by atoms with Gasteiger partial charge in [-0.2, -0.15) is 0 Å². The molecular formula is C14H10O2S4. The third-order valence-corrected chi connectivity index (χ3v) is 7.94. The summed E-state index contributed by atoms with van der Waals surface area (Å²) in [6.45, 7) is 0.